The molecular weight excluding hydrogens is 210 g/mol. The van der Waals surface area contributed by atoms with Crippen molar-refractivity contribution in [1.82, 2.24) is 4.90 Å². The maximum Gasteiger partial charge on any atom is 0.248 e. The maximum atomic E-state index is 11.7. The lowest BCUT2D eigenvalue weighted by atomic mass is 9.95. The first kappa shape index (κ1) is 13.4. The van der Waals surface area contributed by atoms with Crippen molar-refractivity contribution < 1.29 is 19.4 Å². The zero-order valence-corrected chi connectivity index (χ0v) is 10.1. The summed E-state index contributed by atoms with van der Waals surface area (Å²) in [7, 11) is 1.59. The molecule has 0 aliphatic carbocycles. The van der Waals surface area contributed by atoms with Gasteiger partial charge in [-0.3, -0.25) is 4.79 Å². The Morgan fingerprint density at radius 2 is 2.25 bits per heavy atom. The lowest BCUT2D eigenvalue weighted by Crippen LogP contribution is -2.49. The van der Waals surface area contributed by atoms with Crippen LogP contribution in [-0.2, 0) is 14.3 Å². The molecule has 1 atom stereocenters. The average molecular weight is 231 g/mol. The number of likely N-dealkylation sites (tertiary alicyclic amines) is 1. The van der Waals surface area contributed by atoms with Crippen molar-refractivity contribution in [2.75, 3.05) is 40.0 Å². The maximum absolute atomic E-state index is 11.7. The van der Waals surface area contributed by atoms with Crippen LogP contribution in [0.2, 0.25) is 0 Å². The van der Waals surface area contributed by atoms with Gasteiger partial charge < -0.3 is 19.5 Å². The van der Waals surface area contributed by atoms with Gasteiger partial charge in [0.1, 0.15) is 6.61 Å². The number of hydrogen-bond donors (Lipinski definition) is 1. The number of aliphatic hydroxyl groups is 1. The zero-order chi connectivity index (χ0) is 12.0. The third-order valence-corrected chi connectivity index (χ3v) is 2.68. The van der Waals surface area contributed by atoms with Crippen LogP contribution in [-0.4, -0.2) is 61.5 Å². The Labute approximate surface area is 96.3 Å². The number of methoxy groups -OCH3 is 1. The van der Waals surface area contributed by atoms with E-state index in [4.69, 9.17) is 9.47 Å². The predicted octanol–water partition coefficient (Wildman–Crippen LogP) is 0.0228. The van der Waals surface area contributed by atoms with Crippen LogP contribution in [0, 0.1) is 0 Å². The van der Waals surface area contributed by atoms with Crippen molar-refractivity contribution in [3.05, 3.63) is 0 Å². The molecule has 16 heavy (non-hydrogen) atoms. The lowest BCUT2D eigenvalue weighted by Gasteiger charge is -2.36. The molecule has 0 spiro atoms. The molecule has 1 N–H and O–H groups in total. The Bertz CT molecular complexity index is 230. The predicted molar refractivity (Wildman–Crippen MR) is 59.1 cm³/mol. The van der Waals surface area contributed by atoms with Crippen molar-refractivity contribution in [3.8, 4) is 0 Å². The van der Waals surface area contributed by atoms with Crippen LogP contribution < -0.4 is 0 Å². The number of piperidine rings is 1. The Kier molecular flexibility index (Phi) is 5.18. The molecule has 1 saturated heterocycles. The second-order valence-electron chi connectivity index (χ2n) is 4.46. The first-order chi connectivity index (χ1) is 7.55. The summed E-state index contributed by atoms with van der Waals surface area (Å²) in [4.78, 5) is 13.4. The van der Waals surface area contributed by atoms with Crippen LogP contribution in [0.3, 0.4) is 0 Å². The highest BCUT2D eigenvalue weighted by molar-refractivity contribution is 5.77. The van der Waals surface area contributed by atoms with Gasteiger partial charge in [0.15, 0.2) is 0 Å². The van der Waals surface area contributed by atoms with Crippen LogP contribution in [0.4, 0.5) is 0 Å². The quantitative estimate of drug-likeness (QED) is 0.678. The van der Waals surface area contributed by atoms with Crippen LogP contribution in [0.5, 0.6) is 0 Å². The summed E-state index contributed by atoms with van der Waals surface area (Å²) in [6, 6.07) is 0. The highest BCUT2D eigenvalue weighted by Gasteiger charge is 2.30. The van der Waals surface area contributed by atoms with E-state index in [0.717, 1.165) is 12.8 Å². The second kappa shape index (κ2) is 6.18. The lowest BCUT2D eigenvalue weighted by molar-refractivity contribution is -0.142. The summed E-state index contributed by atoms with van der Waals surface area (Å²) < 4.78 is 9.97. The van der Waals surface area contributed by atoms with E-state index in [2.05, 4.69) is 0 Å². The molecule has 94 valence electrons. The van der Waals surface area contributed by atoms with E-state index in [1.807, 2.05) is 0 Å². The SMILES string of the molecule is COCCOCC(=O)N1CCCC(C)(O)C1. The normalized spacial score (nSPS) is 25.8. The van der Waals surface area contributed by atoms with Gasteiger partial charge in [-0.25, -0.2) is 0 Å². The molecule has 0 bridgehead atoms. The smallest absolute Gasteiger partial charge is 0.248 e. The zero-order valence-electron chi connectivity index (χ0n) is 10.1. The first-order valence-corrected chi connectivity index (χ1v) is 5.62. The summed E-state index contributed by atoms with van der Waals surface area (Å²) in [5.74, 6) is -0.0592. The molecule has 0 saturated carbocycles. The van der Waals surface area contributed by atoms with Gasteiger partial charge in [-0.05, 0) is 19.8 Å². The summed E-state index contributed by atoms with van der Waals surface area (Å²) in [6.45, 7) is 3.86. The molecule has 1 rings (SSSR count). The molecule has 1 unspecified atom stereocenters. The second-order valence-corrected chi connectivity index (χ2v) is 4.46. The van der Waals surface area contributed by atoms with Crippen molar-refractivity contribution in [3.63, 3.8) is 0 Å². The van der Waals surface area contributed by atoms with Crippen LogP contribution >= 0.6 is 0 Å². The van der Waals surface area contributed by atoms with Gasteiger partial charge >= 0.3 is 0 Å². The summed E-state index contributed by atoms with van der Waals surface area (Å²) >= 11 is 0. The van der Waals surface area contributed by atoms with E-state index < -0.39 is 5.60 Å². The first-order valence-electron chi connectivity index (χ1n) is 5.62. The average Bonchev–Trinajstić information content (AvgIpc) is 2.22. The van der Waals surface area contributed by atoms with Crippen LogP contribution in [0.15, 0.2) is 0 Å². The molecule has 1 aliphatic heterocycles. The Balaban J connectivity index is 2.25. The van der Waals surface area contributed by atoms with Gasteiger partial charge in [-0.1, -0.05) is 0 Å². The molecule has 1 fully saturated rings. The molecule has 0 aromatic heterocycles. The molecule has 0 radical (unpaired) electrons. The van der Waals surface area contributed by atoms with Gasteiger partial charge in [-0.15, -0.1) is 0 Å². The summed E-state index contributed by atoms with van der Waals surface area (Å²) in [6.07, 6.45) is 1.60. The fraction of sp³-hybridized carbons (Fsp3) is 0.909. The number of nitrogens with zero attached hydrogens (tertiary/aromatic N) is 1. The Hall–Kier alpha value is -0.650. The third-order valence-electron chi connectivity index (χ3n) is 2.68. The van der Waals surface area contributed by atoms with E-state index in [1.165, 1.54) is 0 Å². The standard InChI is InChI=1S/C11H21NO4/c1-11(14)4-3-5-12(9-11)10(13)8-16-7-6-15-2/h14H,3-9H2,1-2H3. The molecule has 0 aromatic rings. The molecule has 5 nitrogen and oxygen atoms in total. The van der Waals surface area contributed by atoms with Crippen LogP contribution in [0.1, 0.15) is 19.8 Å². The van der Waals surface area contributed by atoms with Gasteiger partial charge in [0.25, 0.3) is 0 Å². The molecule has 5 heteroatoms. The number of hydrogen-bond acceptors (Lipinski definition) is 4. The van der Waals surface area contributed by atoms with E-state index in [1.54, 1.807) is 18.9 Å². The number of carbonyl (C=O) groups excluding carboxylic acids is 1. The number of carbonyl (C=O) groups is 1. The van der Waals surface area contributed by atoms with E-state index in [0.29, 0.717) is 26.3 Å². The minimum atomic E-state index is -0.750. The highest BCUT2D eigenvalue weighted by atomic mass is 16.5. The van der Waals surface area contributed by atoms with Gasteiger partial charge in [0, 0.05) is 20.2 Å². The van der Waals surface area contributed by atoms with Gasteiger partial charge in [-0.2, -0.15) is 0 Å². The van der Waals surface area contributed by atoms with Gasteiger partial charge in [0.05, 0.1) is 18.8 Å². The molecular formula is C11H21NO4. The topological polar surface area (TPSA) is 59.0 Å². The van der Waals surface area contributed by atoms with Crippen molar-refractivity contribution in [2.45, 2.75) is 25.4 Å². The number of amides is 1. The van der Waals surface area contributed by atoms with E-state index in [9.17, 15) is 9.90 Å². The fourth-order valence-corrected chi connectivity index (χ4v) is 1.83. The van der Waals surface area contributed by atoms with E-state index >= 15 is 0 Å². The Morgan fingerprint density at radius 1 is 1.50 bits per heavy atom. The molecule has 1 amide bonds. The van der Waals surface area contributed by atoms with Crippen molar-refractivity contribution in [2.24, 2.45) is 0 Å². The third kappa shape index (κ3) is 4.47. The number of ether oxygens (including phenoxy) is 2. The fourth-order valence-electron chi connectivity index (χ4n) is 1.83. The monoisotopic (exact) mass is 231 g/mol. The van der Waals surface area contributed by atoms with Crippen LogP contribution in [0.25, 0.3) is 0 Å². The minimum absolute atomic E-state index is 0.0592. The summed E-state index contributed by atoms with van der Waals surface area (Å²) in [5, 5.41) is 9.85. The van der Waals surface area contributed by atoms with E-state index in [-0.39, 0.29) is 12.5 Å². The number of rotatable bonds is 5. The molecule has 1 aliphatic rings. The van der Waals surface area contributed by atoms with Gasteiger partial charge in [0.2, 0.25) is 5.91 Å². The molecule has 0 aromatic carbocycles. The van der Waals surface area contributed by atoms with Crippen molar-refractivity contribution in [1.29, 1.82) is 0 Å². The number of β-amino-alcohol motifs (C(OH)–C–C–N with tert-alkyl or cyclic N) is 1. The minimum Gasteiger partial charge on any atom is -0.388 e. The Morgan fingerprint density at radius 3 is 2.88 bits per heavy atom. The summed E-state index contributed by atoms with van der Waals surface area (Å²) in [5.41, 5.74) is -0.750. The highest BCUT2D eigenvalue weighted by Crippen LogP contribution is 2.20. The largest absolute Gasteiger partial charge is 0.388 e. The molecule has 1 heterocycles. The van der Waals surface area contributed by atoms with Crippen molar-refractivity contribution >= 4 is 5.91 Å².